The van der Waals surface area contributed by atoms with Crippen LogP contribution in [-0.4, -0.2) is 44.9 Å². The zero-order valence-electron chi connectivity index (χ0n) is 18.2. The molecule has 2 aromatic heterocycles. The Bertz CT molecular complexity index is 1380. The van der Waals surface area contributed by atoms with Gasteiger partial charge in [0.1, 0.15) is 18.0 Å². The Hall–Kier alpha value is -4.99. The molecular weight excluding hydrogens is 450 g/mol. The number of hydrogen-bond acceptors (Lipinski definition) is 6. The van der Waals surface area contributed by atoms with Crippen molar-refractivity contribution < 1.29 is 24.2 Å². The molecule has 4 aromatic rings. The monoisotopic (exact) mass is 469 g/mol. The van der Waals surface area contributed by atoms with Crippen LogP contribution < -0.4 is 10.6 Å². The maximum atomic E-state index is 12.4. The number of aromatic carboxylic acids is 1. The first-order chi connectivity index (χ1) is 17.0. The maximum absolute atomic E-state index is 12.4. The highest BCUT2D eigenvalue weighted by atomic mass is 16.5. The number of carboxylic acid groups (broad SMARTS) is 1. The fourth-order valence-electron chi connectivity index (χ4n) is 4.03. The van der Waals surface area contributed by atoms with E-state index in [4.69, 9.17) is 9.84 Å². The molecule has 35 heavy (non-hydrogen) atoms. The summed E-state index contributed by atoms with van der Waals surface area (Å²) in [6, 6.07) is 20.1. The van der Waals surface area contributed by atoms with Crippen molar-refractivity contribution in [1.29, 1.82) is 0 Å². The summed E-state index contributed by atoms with van der Waals surface area (Å²) in [5, 5.41) is 20.4. The van der Waals surface area contributed by atoms with Crippen LogP contribution in [0, 0.1) is 0 Å². The maximum Gasteiger partial charge on any atom is 0.412 e. The minimum atomic E-state index is -1.17. The van der Waals surface area contributed by atoms with Crippen LogP contribution in [0.3, 0.4) is 0 Å². The second kappa shape index (κ2) is 9.10. The first-order valence-corrected chi connectivity index (χ1v) is 10.7. The number of ether oxygens (including phenoxy) is 1. The van der Waals surface area contributed by atoms with Gasteiger partial charge in [-0.2, -0.15) is 5.10 Å². The van der Waals surface area contributed by atoms with E-state index in [1.165, 1.54) is 24.4 Å². The lowest BCUT2D eigenvalue weighted by Gasteiger charge is -2.14. The number of fused-ring (bicyclic) bond motifs is 3. The van der Waals surface area contributed by atoms with E-state index in [-0.39, 0.29) is 29.7 Å². The van der Waals surface area contributed by atoms with E-state index in [1.54, 1.807) is 0 Å². The molecule has 2 aromatic carbocycles. The van der Waals surface area contributed by atoms with E-state index in [1.807, 2.05) is 36.4 Å². The van der Waals surface area contributed by atoms with Crippen LogP contribution in [-0.2, 0) is 4.74 Å². The highest BCUT2D eigenvalue weighted by Gasteiger charge is 2.29. The molecule has 174 valence electrons. The number of pyridine rings is 1. The van der Waals surface area contributed by atoms with Gasteiger partial charge in [-0.25, -0.2) is 14.6 Å². The van der Waals surface area contributed by atoms with Gasteiger partial charge in [0, 0.05) is 12.0 Å². The number of rotatable bonds is 6. The number of hydrogen-bond donors (Lipinski definition) is 4. The average Bonchev–Trinajstić information content (AvgIpc) is 3.46. The summed E-state index contributed by atoms with van der Waals surface area (Å²) in [6.07, 6.45) is 0.534. The van der Waals surface area contributed by atoms with E-state index >= 15 is 0 Å². The molecule has 0 unspecified atom stereocenters. The number of carbonyl (C=O) groups is 3. The summed E-state index contributed by atoms with van der Waals surface area (Å²) in [4.78, 5) is 39.4. The molecule has 10 nitrogen and oxygen atoms in total. The first-order valence-electron chi connectivity index (χ1n) is 10.7. The van der Waals surface area contributed by atoms with Crippen LogP contribution >= 0.6 is 0 Å². The van der Waals surface area contributed by atoms with Crippen molar-refractivity contribution in [3.63, 3.8) is 0 Å². The van der Waals surface area contributed by atoms with E-state index in [0.717, 1.165) is 22.3 Å². The molecule has 0 atom stereocenters. The Morgan fingerprint density at radius 3 is 2.26 bits per heavy atom. The number of nitrogens with one attached hydrogen (secondary N) is 3. The third kappa shape index (κ3) is 4.44. The summed E-state index contributed by atoms with van der Waals surface area (Å²) in [5.41, 5.74) is 4.72. The lowest BCUT2D eigenvalue weighted by molar-refractivity contribution is 0.0690. The predicted molar refractivity (Wildman–Crippen MR) is 126 cm³/mol. The van der Waals surface area contributed by atoms with Crippen LogP contribution in [0.4, 0.5) is 16.3 Å². The fraction of sp³-hybridized carbons (Fsp3) is 0.0800. The summed E-state index contributed by atoms with van der Waals surface area (Å²) < 4.78 is 5.48. The van der Waals surface area contributed by atoms with Crippen molar-refractivity contribution in [3.8, 4) is 11.1 Å². The highest BCUT2D eigenvalue weighted by molar-refractivity contribution is 6.03. The standard InChI is InChI=1S/C25H19N5O5/c31-23(27-14-9-10-20(24(32)33)26-12-14)21-11-22(30-29-21)28-25(34)35-13-19-17-7-3-1-5-15(17)16-6-2-4-8-18(16)19/h1-12,19H,13H2,(H,27,31)(H,32,33)(H2,28,29,30,34). The van der Waals surface area contributed by atoms with Gasteiger partial charge in [0.2, 0.25) is 0 Å². The molecular formula is C25H19N5O5. The molecule has 0 radical (unpaired) electrons. The number of carbonyl (C=O) groups excluding carboxylic acids is 2. The lowest BCUT2D eigenvalue weighted by atomic mass is 9.98. The molecule has 0 spiro atoms. The van der Waals surface area contributed by atoms with Gasteiger partial charge in [-0.1, -0.05) is 48.5 Å². The number of anilines is 2. The first kappa shape index (κ1) is 21.8. The predicted octanol–water partition coefficient (Wildman–Crippen LogP) is 4.12. The molecule has 0 saturated heterocycles. The molecule has 1 aliphatic carbocycles. The SMILES string of the molecule is O=C(Nc1cc(C(=O)Nc2ccc(C(=O)O)nc2)[nH]n1)OCC1c2ccccc2-c2ccccc21. The lowest BCUT2D eigenvalue weighted by Crippen LogP contribution is -2.18. The summed E-state index contributed by atoms with van der Waals surface area (Å²) in [5.74, 6) is -1.66. The number of benzene rings is 2. The quantitative estimate of drug-likeness (QED) is 0.332. The Kier molecular flexibility index (Phi) is 5.68. The number of H-pyrrole nitrogens is 1. The number of aromatic nitrogens is 3. The minimum Gasteiger partial charge on any atom is -0.477 e. The van der Waals surface area contributed by atoms with Crippen LogP contribution in [0.25, 0.3) is 11.1 Å². The van der Waals surface area contributed by atoms with Crippen molar-refractivity contribution in [1.82, 2.24) is 15.2 Å². The van der Waals surface area contributed by atoms with E-state index in [0.29, 0.717) is 5.69 Å². The van der Waals surface area contributed by atoms with Gasteiger partial charge in [0.25, 0.3) is 5.91 Å². The molecule has 1 aliphatic rings. The smallest absolute Gasteiger partial charge is 0.412 e. The second-order valence-electron chi connectivity index (χ2n) is 7.81. The normalized spacial score (nSPS) is 11.9. The number of aromatic amines is 1. The Morgan fingerprint density at radius 2 is 1.63 bits per heavy atom. The Balaban J connectivity index is 1.19. The van der Waals surface area contributed by atoms with Gasteiger partial charge in [-0.05, 0) is 34.4 Å². The van der Waals surface area contributed by atoms with Gasteiger partial charge in [-0.3, -0.25) is 15.2 Å². The molecule has 4 N–H and O–H groups in total. The van der Waals surface area contributed by atoms with Crippen molar-refractivity contribution >= 4 is 29.5 Å². The van der Waals surface area contributed by atoms with Gasteiger partial charge < -0.3 is 15.2 Å². The Labute approximate surface area is 199 Å². The molecule has 10 heteroatoms. The van der Waals surface area contributed by atoms with Crippen molar-refractivity contribution in [2.24, 2.45) is 0 Å². The molecule has 0 fully saturated rings. The van der Waals surface area contributed by atoms with Gasteiger partial charge in [0.05, 0.1) is 11.9 Å². The molecule has 2 amide bonds. The number of amides is 2. The fourth-order valence-corrected chi connectivity index (χ4v) is 4.03. The van der Waals surface area contributed by atoms with E-state index in [2.05, 4.69) is 37.9 Å². The van der Waals surface area contributed by atoms with Crippen LogP contribution in [0.1, 0.15) is 38.0 Å². The summed E-state index contributed by atoms with van der Waals surface area (Å²) >= 11 is 0. The van der Waals surface area contributed by atoms with Crippen LogP contribution in [0.5, 0.6) is 0 Å². The zero-order chi connectivity index (χ0) is 24.4. The second-order valence-corrected chi connectivity index (χ2v) is 7.81. The van der Waals surface area contributed by atoms with Crippen molar-refractivity contribution in [3.05, 3.63) is 95.4 Å². The van der Waals surface area contributed by atoms with Gasteiger partial charge in [0.15, 0.2) is 5.82 Å². The minimum absolute atomic E-state index is 0.0743. The van der Waals surface area contributed by atoms with Crippen molar-refractivity contribution in [2.45, 2.75) is 5.92 Å². The molecule has 2 heterocycles. The van der Waals surface area contributed by atoms with Gasteiger partial charge >= 0.3 is 12.1 Å². The van der Waals surface area contributed by atoms with Crippen LogP contribution in [0.2, 0.25) is 0 Å². The molecule has 0 bridgehead atoms. The Morgan fingerprint density at radius 1 is 0.943 bits per heavy atom. The van der Waals surface area contributed by atoms with E-state index < -0.39 is 18.0 Å². The largest absolute Gasteiger partial charge is 0.477 e. The molecule has 0 saturated carbocycles. The molecule has 0 aliphatic heterocycles. The topological polar surface area (TPSA) is 146 Å². The van der Waals surface area contributed by atoms with Gasteiger partial charge in [-0.15, -0.1) is 0 Å². The summed E-state index contributed by atoms with van der Waals surface area (Å²) in [7, 11) is 0. The van der Waals surface area contributed by atoms with E-state index in [9.17, 15) is 14.4 Å². The number of nitrogens with zero attached hydrogens (tertiary/aromatic N) is 2. The summed E-state index contributed by atoms with van der Waals surface area (Å²) in [6.45, 7) is 0.150. The van der Waals surface area contributed by atoms with Crippen LogP contribution in [0.15, 0.2) is 72.9 Å². The average molecular weight is 469 g/mol. The van der Waals surface area contributed by atoms with Crippen molar-refractivity contribution in [2.75, 3.05) is 17.2 Å². The molecule has 5 rings (SSSR count). The third-order valence-electron chi connectivity index (χ3n) is 5.64. The highest BCUT2D eigenvalue weighted by Crippen LogP contribution is 2.44. The zero-order valence-corrected chi connectivity index (χ0v) is 18.2. The number of carboxylic acids is 1. The third-order valence-corrected chi connectivity index (χ3v) is 5.64.